The number of nitrogens with zero attached hydrogens (tertiary/aromatic N) is 3. The molecule has 2 amide bonds. The number of aromatic nitrogens is 1. The lowest BCUT2D eigenvalue weighted by molar-refractivity contribution is -0.130. The normalized spacial score (nSPS) is 10.1. The van der Waals surface area contributed by atoms with Crippen molar-refractivity contribution in [2.45, 2.75) is 20.3 Å². The summed E-state index contributed by atoms with van der Waals surface area (Å²) >= 11 is 0. The molecule has 0 aromatic carbocycles. The summed E-state index contributed by atoms with van der Waals surface area (Å²) in [5.41, 5.74) is 0.496. The lowest BCUT2D eigenvalue weighted by Crippen LogP contribution is -2.34. The molecule has 0 aliphatic rings. The third-order valence-electron chi connectivity index (χ3n) is 3.21. The highest BCUT2D eigenvalue weighted by Crippen LogP contribution is 2.07. The van der Waals surface area contributed by atoms with Crippen LogP contribution < -0.4 is 10.2 Å². The molecular formula is C15H24N4O2. The summed E-state index contributed by atoms with van der Waals surface area (Å²) in [5, 5.41) is 2.74. The molecule has 1 heterocycles. The Bertz CT molecular complexity index is 467. The summed E-state index contributed by atoms with van der Waals surface area (Å²) < 4.78 is 0. The Morgan fingerprint density at radius 2 is 1.86 bits per heavy atom. The lowest BCUT2D eigenvalue weighted by atomic mass is 10.2. The largest absolute Gasteiger partial charge is 0.363 e. The van der Waals surface area contributed by atoms with Gasteiger partial charge in [0.05, 0.1) is 5.56 Å². The summed E-state index contributed by atoms with van der Waals surface area (Å²) in [5.74, 6) is 0.643. The van der Waals surface area contributed by atoms with Gasteiger partial charge in [-0.1, -0.05) is 0 Å². The van der Waals surface area contributed by atoms with Crippen LogP contribution in [0.4, 0.5) is 5.82 Å². The third-order valence-corrected chi connectivity index (χ3v) is 3.21. The number of carbonyl (C=O) groups excluding carboxylic acids is 2. The van der Waals surface area contributed by atoms with Crippen molar-refractivity contribution in [3.05, 3.63) is 23.9 Å². The molecule has 1 aromatic rings. The molecule has 0 aliphatic heterocycles. The molecule has 116 valence electrons. The van der Waals surface area contributed by atoms with Gasteiger partial charge in [0.25, 0.3) is 5.91 Å². The summed E-state index contributed by atoms with van der Waals surface area (Å²) in [4.78, 5) is 31.5. The van der Waals surface area contributed by atoms with Crippen LogP contribution in [0.25, 0.3) is 0 Å². The second-order valence-electron chi connectivity index (χ2n) is 4.87. The zero-order chi connectivity index (χ0) is 15.8. The van der Waals surface area contributed by atoms with Crippen molar-refractivity contribution < 1.29 is 9.59 Å². The second kappa shape index (κ2) is 8.24. The van der Waals surface area contributed by atoms with Crippen molar-refractivity contribution in [3.8, 4) is 0 Å². The van der Waals surface area contributed by atoms with E-state index in [-0.39, 0.29) is 11.8 Å². The highest BCUT2D eigenvalue weighted by atomic mass is 16.2. The van der Waals surface area contributed by atoms with Gasteiger partial charge in [0.15, 0.2) is 0 Å². The molecule has 0 spiro atoms. The van der Waals surface area contributed by atoms with E-state index in [9.17, 15) is 9.59 Å². The maximum atomic E-state index is 11.9. The van der Waals surface area contributed by atoms with Crippen molar-refractivity contribution in [1.29, 1.82) is 0 Å². The van der Waals surface area contributed by atoms with Crippen molar-refractivity contribution >= 4 is 17.6 Å². The predicted octanol–water partition coefficient (Wildman–Crippen LogP) is 1.14. The maximum Gasteiger partial charge on any atom is 0.252 e. The van der Waals surface area contributed by atoms with Crippen LogP contribution in [0, 0.1) is 0 Å². The van der Waals surface area contributed by atoms with E-state index in [1.54, 1.807) is 17.0 Å². The van der Waals surface area contributed by atoms with Gasteiger partial charge in [-0.2, -0.15) is 0 Å². The average Bonchev–Trinajstić information content (AvgIpc) is 2.48. The smallest absolute Gasteiger partial charge is 0.252 e. The Morgan fingerprint density at radius 3 is 2.33 bits per heavy atom. The summed E-state index contributed by atoms with van der Waals surface area (Å²) in [6, 6.07) is 3.51. The fourth-order valence-corrected chi connectivity index (χ4v) is 1.90. The van der Waals surface area contributed by atoms with Gasteiger partial charge in [-0.25, -0.2) is 4.98 Å². The van der Waals surface area contributed by atoms with Crippen LogP contribution in [-0.2, 0) is 4.79 Å². The highest BCUT2D eigenvalue weighted by molar-refractivity contribution is 5.94. The molecule has 0 bridgehead atoms. The molecule has 21 heavy (non-hydrogen) atoms. The van der Waals surface area contributed by atoms with E-state index >= 15 is 0 Å². The first kappa shape index (κ1) is 16.9. The van der Waals surface area contributed by atoms with E-state index in [2.05, 4.69) is 10.3 Å². The standard InChI is InChI=1S/C15H24N4O2/c1-5-19(6-2)14(20)9-10-16-15(21)12-7-8-13(17-11-12)18(3)4/h7-8,11H,5-6,9-10H2,1-4H3,(H,16,21). The minimum absolute atomic E-state index is 0.0568. The number of hydrogen-bond donors (Lipinski definition) is 1. The van der Waals surface area contributed by atoms with Crippen molar-refractivity contribution in [1.82, 2.24) is 15.2 Å². The van der Waals surface area contributed by atoms with Crippen molar-refractivity contribution in [2.75, 3.05) is 38.6 Å². The van der Waals surface area contributed by atoms with Crippen LogP contribution in [0.3, 0.4) is 0 Å². The van der Waals surface area contributed by atoms with Crippen LogP contribution >= 0.6 is 0 Å². The Kier molecular flexibility index (Phi) is 6.65. The van der Waals surface area contributed by atoms with E-state index in [1.807, 2.05) is 32.8 Å². The summed E-state index contributed by atoms with van der Waals surface area (Å²) in [7, 11) is 3.78. The van der Waals surface area contributed by atoms with Gasteiger partial charge in [-0.3, -0.25) is 9.59 Å². The van der Waals surface area contributed by atoms with Gasteiger partial charge < -0.3 is 15.1 Å². The molecule has 0 radical (unpaired) electrons. The van der Waals surface area contributed by atoms with E-state index in [0.29, 0.717) is 31.6 Å². The lowest BCUT2D eigenvalue weighted by Gasteiger charge is -2.18. The Morgan fingerprint density at radius 1 is 1.19 bits per heavy atom. The number of pyridine rings is 1. The number of anilines is 1. The fourth-order valence-electron chi connectivity index (χ4n) is 1.90. The van der Waals surface area contributed by atoms with E-state index in [0.717, 1.165) is 5.82 Å². The molecule has 6 heteroatoms. The van der Waals surface area contributed by atoms with Crippen molar-refractivity contribution in [2.24, 2.45) is 0 Å². The fraction of sp³-hybridized carbons (Fsp3) is 0.533. The van der Waals surface area contributed by atoms with Gasteiger partial charge in [0.1, 0.15) is 5.82 Å². The van der Waals surface area contributed by atoms with E-state index in [4.69, 9.17) is 0 Å². The highest BCUT2D eigenvalue weighted by Gasteiger charge is 2.11. The van der Waals surface area contributed by atoms with Gasteiger partial charge in [0, 0.05) is 46.3 Å². The summed E-state index contributed by atoms with van der Waals surface area (Å²) in [6.07, 6.45) is 1.85. The number of amides is 2. The Labute approximate surface area is 126 Å². The zero-order valence-corrected chi connectivity index (χ0v) is 13.2. The number of carbonyl (C=O) groups is 2. The third kappa shape index (κ3) is 5.06. The van der Waals surface area contributed by atoms with Crippen LogP contribution in [0.5, 0.6) is 0 Å². The molecule has 1 N–H and O–H groups in total. The number of rotatable bonds is 7. The van der Waals surface area contributed by atoms with Crippen LogP contribution in [0.2, 0.25) is 0 Å². The Hall–Kier alpha value is -2.11. The molecule has 0 saturated heterocycles. The van der Waals surface area contributed by atoms with Crippen LogP contribution in [0.15, 0.2) is 18.3 Å². The maximum absolute atomic E-state index is 11.9. The minimum atomic E-state index is -0.208. The molecule has 1 aromatic heterocycles. The average molecular weight is 292 g/mol. The zero-order valence-electron chi connectivity index (χ0n) is 13.2. The molecular weight excluding hydrogens is 268 g/mol. The molecule has 1 rings (SSSR count). The molecule has 0 fully saturated rings. The second-order valence-corrected chi connectivity index (χ2v) is 4.87. The van der Waals surface area contributed by atoms with Crippen LogP contribution in [0.1, 0.15) is 30.6 Å². The molecule has 0 aliphatic carbocycles. The molecule has 6 nitrogen and oxygen atoms in total. The predicted molar refractivity (Wildman–Crippen MR) is 83.4 cm³/mol. The molecule has 0 saturated carbocycles. The van der Waals surface area contributed by atoms with Gasteiger partial charge in [0.2, 0.25) is 5.91 Å². The van der Waals surface area contributed by atoms with E-state index in [1.165, 1.54) is 6.20 Å². The first-order valence-electron chi connectivity index (χ1n) is 7.18. The van der Waals surface area contributed by atoms with E-state index < -0.39 is 0 Å². The van der Waals surface area contributed by atoms with Crippen molar-refractivity contribution in [3.63, 3.8) is 0 Å². The first-order valence-corrected chi connectivity index (χ1v) is 7.18. The quantitative estimate of drug-likeness (QED) is 0.818. The van der Waals surface area contributed by atoms with Gasteiger partial charge in [-0.05, 0) is 26.0 Å². The number of hydrogen-bond acceptors (Lipinski definition) is 4. The number of nitrogens with one attached hydrogen (secondary N) is 1. The Balaban J connectivity index is 2.45. The molecule has 0 atom stereocenters. The first-order chi connectivity index (χ1) is 9.99. The topological polar surface area (TPSA) is 65.5 Å². The van der Waals surface area contributed by atoms with Gasteiger partial charge >= 0.3 is 0 Å². The minimum Gasteiger partial charge on any atom is -0.363 e. The van der Waals surface area contributed by atoms with Gasteiger partial charge in [-0.15, -0.1) is 0 Å². The SMILES string of the molecule is CCN(CC)C(=O)CCNC(=O)c1ccc(N(C)C)nc1. The van der Waals surface area contributed by atoms with Crippen LogP contribution in [-0.4, -0.2) is 55.4 Å². The monoisotopic (exact) mass is 292 g/mol. The molecule has 0 unspecified atom stereocenters. The summed E-state index contributed by atoms with van der Waals surface area (Å²) in [6.45, 7) is 5.61.